The van der Waals surface area contributed by atoms with E-state index in [1.807, 2.05) is 22.9 Å². The van der Waals surface area contributed by atoms with Gasteiger partial charge in [-0.3, -0.25) is 9.69 Å². The van der Waals surface area contributed by atoms with Crippen LogP contribution >= 0.6 is 0 Å². The van der Waals surface area contributed by atoms with Crippen LogP contribution in [0.3, 0.4) is 0 Å². The van der Waals surface area contributed by atoms with E-state index in [0.29, 0.717) is 12.2 Å². The number of hydrogen-bond acceptors (Lipinski definition) is 5. The minimum absolute atomic E-state index is 0.0619. The zero-order chi connectivity index (χ0) is 19.1. The van der Waals surface area contributed by atoms with Crippen LogP contribution in [0.4, 0.5) is 0 Å². The van der Waals surface area contributed by atoms with Crippen molar-refractivity contribution >= 4 is 12.0 Å². The van der Waals surface area contributed by atoms with E-state index in [0.717, 1.165) is 32.5 Å². The fraction of sp³-hybridized carbons (Fsp3) is 0.450. The van der Waals surface area contributed by atoms with Crippen LogP contribution in [0.5, 0.6) is 0 Å². The molecule has 2 heterocycles. The number of benzene rings is 1. The van der Waals surface area contributed by atoms with Gasteiger partial charge in [-0.25, -0.2) is 4.68 Å². The lowest BCUT2D eigenvalue weighted by Crippen LogP contribution is -2.35. The van der Waals surface area contributed by atoms with Crippen molar-refractivity contribution in [2.45, 2.75) is 18.9 Å². The molecule has 0 aliphatic carbocycles. The molecule has 1 saturated heterocycles. The van der Waals surface area contributed by atoms with Gasteiger partial charge in [0.2, 0.25) is 0 Å². The van der Waals surface area contributed by atoms with E-state index < -0.39 is 0 Å². The number of carbonyl (C=O) groups is 1. The molecule has 1 aliphatic rings. The molecule has 3 rings (SSSR count). The van der Waals surface area contributed by atoms with E-state index in [2.05, 4.69) is 39.5 Å². The van der Waals surface area contributed by atoms with Gasteiger partial charge in [0.05, 0.1) is 18.8 Å². The maximum absolute atomic E-state index is 12.2. The normalized spacial score (nSPS) is 16.1. The minimum atomic E-state index is -0.209. The summed E-state index contributed by atoms with van der Waals surface area (Å²) in [5.41, 5.74) is 1.55. The highest BCUT2D eigenvalue weighted by atomic mass is 16.3. The van der Waals surface area contributed by atoms with Crippen LogP contribution in [0.25, 0.3) is 6.08 Å². The summed E-state index contributed by atoms with van der Waals surface area (Å²) in [6.07, 6.45) is 8.07. The fourth-order valence-electron chi connectivity index (χ4n) is 3.27. The molecule has 1 N–H and O–H groups in total. The Balaban J connectivity index is 1.48. The Bertz CT molecular complexity index is 751. The molecule has 1 aromatic heterocycles. The Morgan fingerprint density at radius 1 is 1.30 bits per heavy atom. The summed E-state index contributed by atoms with van der Waals surface area (Å²) in [6.45, 7) is 3.16. The van der Waals surface area contributed by atoms with Gasteiger partial charge in [-0.15, -0.1) is 5.10 Å². The van der Waals surface area contributed by atoms with Gasteiger partial charge in [-0.2, -0.15) is 0 Å². The predicted octanol–water partition coefficient (Wildman–Crippen LogP) is 1.69. The Kier molecular flexibility index (Phi) is 6.73. The van der Waals surface area contributed by atoms with Gasteiger partial charge in [0.1, 0.15) is 0 Å². The number of likely N-dealkylation sites (N-methyl/N-ethyl adjacent to an activating group) is 1. The van der Waals surface area contributed by atoms with E-state index in [9.17, 15) is 4.79 Å². The first-order valence-corrected chi connectivity index (χ1v) is 9.39. The zero-order valence-corrected chi connectivity index (χ0v) is 15.7. The molecule has 0 atom stereocenters. The highest BCUT2D eigenvalue weighted by molar-refractivity contribution is 5.91. The van der Waals surface area contributed by atoms with Gasteiger partial charge >= 0.3 is 0 Å². The standard InChI is InChI=1S/C20H27N5O2/c1-23(14-15-26)20(27)19-16-25(22-21-19)18-9-12-24(13-10-18)11-5-8-17-6-3-2-4-7-17/h2-8,16,18,26H,9-15H2,1H3/b8-5+. The lowest BCUT2D eigenvalue weighted by atomic mass is 10.1. The third kappa shape index (κ3) is 5.24. The van der Waals surface area contributed by atoms with Crippen LogP contribution in [0.15, 0.2) is 42.6 Å². The topological polar surface area (TPSA) is 74.5 Å². The SMILES string of the molecule is CN(CCO)C(=O)c1cn(C2CCN(C/C=C/c3ccccc3)CC2)nn1. The second-order valence-electron chi connectivity index (χ2n) is 6.88. The van der Waals surface area contributed by atoms with Crippen molar-refractivity contribution in [1.29, 1.82) is 0 Å². The van der Waals surface area contributed by atoms with Crippen molar-refractivity contribution in [3.05, 3.63) is 53.9 Å². The highest BCUT2D eigenvalue weighted by Gasteiger charge is 2.23. The van der Waals surface area contributed by atoms with Gasteiger partial charge in [-0.05, 0) is 18.4 Å². The molecule has 1 amide bonds. The molecular weight excluding hydrogens is 342 g/mol. The molecular formula is C20H27N5O2. The fourth-order valence-corrected chi connectivity index (χ4v) is 3.27. The Morgan fingerprint density at radius 2 is 2.04 bits per heavy atom. The van der Waals surface area contributed by atoms with Crippen molar-refractivity contribution in [2.75, 3.05) is 39.8 Å². The second-order valence-corrected chi connectivity index (χ2v) is 6.88. The second kappa shape index (κ2) is 9.43. The molecule has 27 heavy (non-hydrogen) atoms. The predicted molar refractivity (Wildman–Crippen MR) is 104 cm³/mol. The van der Waals surface area contributed by atoms with Crippen molar-refractivity contribution in [1.82, 2.24) is 24.8 Å². The lowest BCUT2D eigenvalue weighted by molar-refractivity contribution is 0.0761. The molecule has 0 unspecified atom stereocenters. The van der Waals surface area contributed by atoms with Crippen LogP contribution < -0.4 is 0 Å². The monoisotopic (exact) mass is 369 g/mol. The average molecular weight is 369 g/mol. The molecule has 144 valence electrons. The number of nitrogens with zero attached hydrogens (tertiary/aromatic N) is 5. The van der Waals surface area contributed by atoms with Crippen molar-refractivity contribution in [2.24, 2.45) is 0 Å². The van der Waals surface area contributed by atoms with Crippen LogP contribution in [-0.4, -0.2) is 75.6 Å². The molecule has 1 fully saturated rings. The van der Waals surface area contributed by atoms with Crippen LogP contribution in [0.2, 0.25) is 0 Å². The van der Waals surface area contributed by atoms with E-state index in [1.165, 1.54) is 10.5 Å². The zero-order valence-electron chi connectivity index (χ0n) is 15.7. The van der Waals surface area contributed by atoms with E-state index in [4.69, 9.17) is 5.11 Å². The molecule has 0 bridgehead atoms. The number of aliphatic hydroxyl groups is 1. The smallest absolute Gasteiger partial charge is 0.275 e. The van der Waals surface area contributed by atoms with Gasteiger partial charge < -0.3 is 10.0 Å². The quantitative estimate of drug-likeness (QED) is 0.804. The number of piperidine rings is 1. The minimum Gasteiger partial charge on any atom is -0.395 e. The molecule has 1 aromatic carbocycles. The Labute approximate surface area is 159 Å². The number of hydrogen-bond donors (Lipinski definition) is 1. The molecule has 7 heteroatoms. The maximum atomic E-state index is 12.2. The molecule has 7 nitrogen and oxygen atoms in total. The summed E-state index contributed by atoms with van der Waals surface area (Å²) < 4.78 is 1.82. The van der Waals surface area contributed by atoms with Gasteiger partial charge in [0.15, 0.2) is 5.69 Å². The van der Waals surface area contributed by atoms with Gasteiger partial charge in [0.25, 0.3) is 5.91 Å². The van der Waals surface area contributed by atoms with E-state index in [1.54, 1.807) is 13.2 Å². The first kappa shape index (κ1) is 19.3. The third-order valence-corrected chi connectivity index (χ3v) is 4.92. The molecule has 0 radical (unpaired) electrons. The van der Waals surface area contributed by atoms with Crippen LogP contribution in [0, 0.1) is 0 Å². The first-order valence-electron chi connectivity index (χ1n) is 9.39. The lowest BCUT2D eigenvalue weighted by Gasteiger charge is -2.30. The van der Waals surface area contributed by atoms with E-state index >= 15 is 0 Å². The van der Waals surface area contributed by atoms with E-state index in [-0.39, 0.29) is 18.6 Å². The molecule has 0 spiro atoms. The highest BCUT2D eigenvalue weighted by Crippen LogP contribution is 2.21. The van der Waals surface area contributed by atoms with Crippen molar-refractivity contribution in [3.63, 3.8) is 0 Å². The summed E-state index contributed by atoms with van der Waals surface area (Å²) >= 11 is 0. The van der Waals surface area contributed by atoms with Gasteiger partial charge in [-0.1, -0.05) is 47.7 Å². The van der Waals surface area contributed by atoms with Gasteiger partial charge in [0, 0.05) is 33.2 Å². The van der Waals surface area contributed by atoms with Crippen molar-refractivity contribution < 1.29 is 9.90 Å². The maximum Gasteiger partial charge on any atom is 0.275 e. The molecule has 2 aromatic rings. The number of likely N-dealkylation sites (tertiary alicyclic amines) is 1. The summed E-state index contributed by atoms with van der Waals surface area (Å²) in [5.74, 6) is -0.209. The van der Waals surface area contributed by atoms with Crippen LogP contribution in [-0.2, 0) is 0 Å². The third-order valence-electron chi connectivity index (χ3n) is 4.92. The first-order chi connectivity index (χ1) is 13.2. The number of rotatable bonds is 7. The summed E-state index contributed by atoms with van der Waals surface area (Å²) in [6, 6.07) is 10.6. The average Bonchev–Trinajstić information content (AvgIpc) is 3.19. The summed E-state index contributed by atoms with van der Waals surface area (Å²) in [4.78, 5) is 16.1. The number of amides is 1. The van der Waals surface area contributed by atoms with Crippen molar-refractivity contribution in [3.8, 4) is 0 Å². The molecule has 0 saturated carbocycles. The number of carbonyl (C=O) groups excluding carboxylic acids is 1. The summed E-state index contributed by atoms with van der Waals surface area (Å²) in [5, 5.41) is 17.1. The molecule has 1 aliphatic heterocycles. The Morgan fingerprint density at radius 3 is 2.74 bits per heavy atom. The number of aliphatic hydroxyl groups excluding tert-OH is 1. The largest absolute Gasteiger partial charge is 0.395 e. The number of aromatic nitrogens is 3. The van der Waals surface area contributed by atoms with Crippen LogP contribution in [0.1, 0.15) is 34.9 Å². The summed E-state index contributed by atoms with van der Waals surface area (Å²) in [7, 11) is 1.65. The Hall–Kier alpha value is -2.51.